The number of alkyl halides is 6. The van der Waals surface area contributed by atoms with Crippen LogP contribution < -0.4 is 0 Å². The number of halogens is 6. The average Bonchev–Trinajstić information content (AvgIpc) is 2.26. The van der Waals surface area contributed by atoms with Crippen LogP contribution in [0.2, 0.25) is 0 Å². The van der Waals surface area contributed by atoms with Gasteiger partial charge in [-0.15, -0.1) is 0 Å². The summed E-state index contributed by atoms with van der Waals surface area (Å²) in [6.07, 6.45) is -10.1. The van der Waals surface area contributed by atoms with Gasteiger partial charge in [-0.05, 0) is 23.8 Å². The summed E-state index contributed by atoms with van der Waals surface area (Å²) < 4.78 is 75.2. The average molecular weight is 302 g/mol. The van der Waals surface area contributed by atoms with Crippen molar-refractivity contribution in [3.8, 4) is 0 Å². The molecule has 0 aliphatic rings. The molecule has 1 unspecified atom stereocenters. The Morgan fingerprint density at radius 2 is 1.40 bits per heavy atom. The first kappa shape index (κ1) is 16.3. The summed E-state index contributed by atoms with van der Waals surface area (Å²) in [7, 11) is 0. The quantitative estimate of drug-likeness (QED) is 0.844. The highest BCUT2D eigenvalue weighted by Crippen LogP contribution is 2.37. The van der Waals surface area contributed by atoms with Gasteiger partial charge in [0.05, 0.1) is 17.7 Å². The van der Waals surface area contributed by atoms with Crippen molar-refractivity contribution in [1.82, 2.24) is 0 Å². The highest BCUT2D eigenvalue weighted by molar-refractivity contribution is 5.76. The zero-order valence-corrected chi connectivity index (χ0v) is 9.59. The van der Waals surface area contributed by atoms with E-state index in [0.717, 1.165) is 0 Å². The van der Waals surface area contributed by atoms with Crippen LogP contribution in [0.5, 0.6) is 0 Å². The second-order valence-corrected chi connectivity index (χ2v) is 3.91. The molecule has 0 spiro atoms. The highest BCUT2D eigenvalue weighted by atomic mass is 19.4. The monoisotopic (exact) mass is 302 g/mol. The normalized spacial score (nSPS) is 14.2. The fraction of sp³-hybridized carbons (Fsp3) is 0.364. The fourth-order valence-electron chi connectivity index (χ4n) is 1.51. The predicted octanol–water partition coefficient (Wildman–Crippen LogP) is 2.88. The van der Waals surface area contributed by atoms with Crippen LogP contribution in [0.1, 0.15) is 22.6 Å². The highest BCUT2D eigenvalue weighted by Gasteiger charge is 2.38. The van der Waals surface area contributed by atoms with E-state index in [-0.39, 0.29) is 18.2 Å². The molecule has 0 saturated carbocycles. The van der Waals surface area contributed by atoms with Crippen molar-refractivity contribution >= 4 is 5.97 Å². The third kappa shape index (κ3) is 3.62. The SMILES string of the molecule is O=C(O)C(CO)c1cc(C(F)(F)F)cc(C(F)(F)F)c1. The predicted molar refractivity (Wildman–Crippen MR) is 53.9 cm³/mol. The molecule has 3 nitrogen and oxygen atoms in total. The topological polar surface area (TPSA) is 57.5 Å². The van der Waals surface area contributed by atoms with Gasteiger partial charge < -0.3 is 10.2 Å². The minimum Gasteiger partial charge on any atom is -0.481 e. The molecule has 1 aromatic carbocycles. The third-order valence-corrected chi connectivity index (χ3v) is 2.49. The zero-order valence-electron chi connectivity index (χ0n) is 9.59. The molecule has 9 heteroatoms. The van der Waals surface area contributed by atoms with E-state index in [9.17, 15) is 31.1 Å². The van der Waals surface area contributed by atoms with Gasteiger partial charge in [-0.1, -0.05) is 0 Å². The smallest absolute Gasteiger partial charge is 0.416 e. The molecule has 0 amide bonds. The molecule has 112 valence electrons. The number of carboxylic acids is 1. The Balaban J connectivity index is 3.49. The molecule has 1 rings (SSSR count). The molecule has 2 N–H and O–H groups in total. The van der Waals surface area contributed by atoms with Crippen LogP contribution in [-0.2, 0) is 17.1 Å². The summed E-state index contributed by atoms with van der Waals surface area (Å²) in [6.45, 7) is -1.12. The van der Waals surface area contributed by atoms with E-state index in [2.05, 4.69) is 0 Å². The number of rotatable bonds is 3. The number of hydrogen-bond donors (Lipinski definition) is 2. The van der Waals surface area contributed by atoms with E-state index in [1.165, 1.54) is 0 Å². The van der Waals surface area contributed by atoms with E-state index in [1.807, 2.05) is 0 Å². The summed E-state index contributed by atoms with van der Waals surface area (Å²) >= 11 is 0. The van der Waals surface area contributed by atoms with Gasteiger partial charge in [0.1, 0.15) is 5.92 Å². The molecule has 0 aliphatic carbocycles. The summed E-state index contributed by atoms with van der Waals surface area (Å²) in [5, 5.41) is 17.5. The van der Waals surface area contributed by atoms with Gasteiger partial charge in [-0.25, -0.2) is 0 Å². The van der Waals surface area contributed by atoms with E-state index in [1.54, 1.807) is 0 Å². The summed E-state index contributed by atoms with van der Waals surface area (Å²) in [4.78, 5) is 10.7. The Hall–Kier alpha value is -1.77. The second-order valence-electron chi connectivity index (χ2n) is 3.91. The molecule has 0 radical (unpaired) electrons. The maximum absolute atomic E-state index is 12.5. The van der Waals surface area contributed by atoms with Gasteiger partial charge in [0.25, 0.3) is 0 Å². The lowest BCUT2D eigenvalue weighted by atomic mass is 9.95. The van der Waals surface area contributed by atoms with Gasteiger partial charge in [0.2, 0.25) is 0 Å². The van der Waals surface area contributed by atoms with Crippen molar-refractivity contribution in [2.24, 2.45) is 0 Å². The maximum Gasteiger partial charge on any atom is 0.416 e. The van der Waals surface area contributed by atoms with Gasteiger partial charge >= 0.3 is 18.3 Å². The van der Waals surface area contributed by atoms with Crippen molar-refractivity contribution in [3.63, 3.8) is 0 Å². The van der Waals surface area contributed by atoms with Gasteiger partial charge in [0, 0.05) is 0 Å². The van der Waals surface area contributed by atoms with Crippen LogP contribution in [0.15, 0.2) is 18.2 Å². The Morgan fingerprint density at radius 1 is 1.00 bits per heavy atom. The van der Waals surface area contributed by atoms with Gasteiger partial charge in [0.15, 0.2) is 0 Å². The molecular formula is C11H8F6O3. The van der Waals surface area contributed by atoms with Gasteiger partial charge in [-0.3, -0.25) is 4.79 Å². The first-order chi connectivity index (χ1) is 8.96. The lowest BCUT2D eigenvalue weighted by Crippen LogP contribution is -2.19. The van der Waals surface area contributed by atoms with E-state index < -0.39 is 47.5 Å². The van der Waals surface area contributed by atoms with Crippen molar-refractivity contribution < 1.29 is 41.4 Å². The number of aliphatic carboxylic acids is 1. The van der Waals surface area contributed by atoms with Crippen molar-refractivity contribution in [1.29, 1.82) is 0 Å². The van der Waals surface area contributed by atoms with Crippen molar-refractivity contribution in [2.45, 2.75) is 18.3 Å². The Morgan fingerprint density at radius 3 is 1.65 bits per heavy atom. The Kier molecular flexibility index (Phi) is 4.33. The number of aliphatic hydroxyl groups is 1. The second kappa shape index (κ2) is 5.31. The summed E-state index contributed by atoms with van der Waals surface area (Å²) in [5.41, 5.74) is -4.01. The summed E-state index contributed by atoms with van der Waals surface area (Å²) in [5.74, 6) is -3.58. The van der Waals surface area contributed by atoms with Gasteiger partial charge in [-0.2, -0.15) is 26.3 Å². The number of carboxylic acid groups (broad SMARTS) is 1. The summed E-state index contributed by atoms with van der Waals surface area (Å²) in [6, 6.07) is 0.453. The third-order valence-electron chi connectivity index (χ3n) is 2.49. The van der Waals surface area contributed by atoms with Crippen LogP contribution in [0.25, 0.3) is 0 Å². The number of carbonyl (C=O) groups is 1. The van der Waals surface area contributed by atoms with E-state index >= 15 is 0 Å². The molecule has 0 saturated heterocycles. The molecule has 1 atom stereocenters. The van der Waals surface area contributed by atoms with Crippen molar-refractivity contribution in [2.75, 3.05) is 6.61 Å². The molecule has 1 aromatic rings. The zero-order chi connectivity index (χ0) is 15.7. The molecule has 0 aromatic heterocycles. The van der Waals surface area contributed by atoms with Crippen molar-refractivity contribution in [3.05, 3.63) is 34.9 Å². The maximum atomic E-state index is 12.5. The van der Waals surface area contributed by atoms with Crippen LogP contribution >= 0.6 is 0 Å². The minimum atomic E-state index is -5.06. The Bertz CT molecular complexity index is 474. The lowest BCUT2D eigenvalue weighted by Gasteiger charge is -2.16. The fourth-order valence-corrected chi connectivity index (χ4v) is 1.51. The largest absolute Gasteiger partial charge is 0.481 e. The van der Waals surface area contributed by atoms with Crippen LogP contribution in [0.4, 0.5) is 26.3 Å². The lowest BCUT2D eigenvalue weighted by molar-refractivity contribution is -0.144. The van der Waals surface area contributed by atoms with E-state index in [4.69, 9.17) is 10.2 Å². The molecule has 20 heavy (non-hydrogen) atoms. The minimum absolute atomic E-state index is 0.111. The number of benzene rings is 1. The molecule has 0 fully saturated rings. The standard InChI is InChI=1S/C11H8F6O3/c12-10(13,14)6-1-5(8(4-18)9(19)20)2-7(3-6)11(15,16)17/h1-3,8,18H,4H2,(H,19,20). The molecule has 0 bridgehead atoms. The van der Waals surface area contributed by atoms with Crippen LogP contribution in [0, 0.1) is 0 Å². The Labute approximate surface area is 108 Å². The first-order valence-corrected chi connectivity index (χ1v) is 5.10. The van der Waals surface area contributed by atoms with Crippen LogP contribution in [-0.4, -0.2) is 22.8 Å². The molecular weight excluding hydrogens is 294 g/mol. The first-order valence-electron chi connectivity index (χ1n) is 5.10. The number of hydrogen-bond acceptors (Lipinski definition) is 2. The molecule has 0 heterocycles. The molecule has 0 aliphatic heterocycles. The van der Waals surface area contributed by atoms with E-state index in [0.29, 0.717) is 0 Å². The van der Waals surface area contributed by atoms with Crippen LogP contribution in [0.3, 0.4) is 0 Å². The number of aliphatic hydroxyl groups excluding tert-OH is 1.